The van der Waals surface area contributed by atoms with Gasteiger partial charge in [-0.2, -0.15) is 0 Å². The summed E-state index contributed by atoms with van der Waals surface area (Å²) in [6.45, 7) is 4.18. The maximum absolute atomic E-state index is 13.4. The number of Topliss-reactive ketones (excluding diaryl/α,β-unsaturated/α-hetero) is 1. The highest BCUT2D eigenvalue weighted by Gasteiger charge is 2.43. The van der Waals surface area contributed by atoms with Crippen LogP contribution in [0.2, 0.25) is 0 Å². The second-order valence-corrected chi connectivity index (χ2v) is 10.8. The number of nitrogens with two attached hydrogens (primary N) is 1. The van der Waals surface area contributed by atoms with Crippen molar-refractivity contribution in [1.29, 1.82) is 0 Å². The van der Waals surface area contributed by atoms with Crippen molar-refractivity contribution in [1.82, 2.24) is 4.98 Å². The molecule has 1 aliphatic carbocycles. The molecule has 1 aromatic heterocycles. The summed E-state index contributed by atoms with van der Waals surface area (Å²) in [5.74, 6) is 0.843. The lowest BCUT2D eigenvalue weighted by atomic mass is 9.70. The summed E-state index contributed by atoms with van der Waals surface area (Å²) in [5.41, 5.74) is 10.8. The van der Waals surface area contributed by atoms with Gasteiger partial charge in [-0.15, -0.1) is 11.3 Å². The summed E-state index contributed by atoms with van der Waals surface area (Å²) in [6.07, 6.45) is 1.17. The third-order valence-electron chi connectivity index (χ3n) is 5.96. The number of carbonyl (C=O) groups is 1. The number of allylic oxidation sites excluding steroid dienone is 3. The molecule has 4 nitrogen and oxygen atoms in total. The topological polar surface area (TPSA) is 65.2 Å². The molecule has 0 unspecified atom stereocenters. The molecule has 2 aromatic carbocycles. The molecule has 0 fully saturated rings. The first-order valence-corrected chi connectivity index (χ1v) is 12.2. The first-order valence-electron chi connectivity index (χ1n) is 10.5. The van der Waals surface area contributed by atoms with Gasteiger partial charge in [0.25, 0.3) is 0 Å². The Kier molecular flexibility index (Phi) is 5.30. The number of benzene rings is 2. The fourth-order valence-corrected chi connectivity index (χ4v) is 5.69. The molecule has 0 saturated carbocycles. The number of rotatable bonds is 3. The molecule has 0 bridgehead atoms. The molecule has 2 heterocycles. The normalized spacial score (nSPS) is 20.2. The highest BCUT2D eigenvalue weighted by Crippen LogP contribution is 2.51. The SMILES string of the molecule is CC1(C)CC(=O)C2=C(C1)OC(N)=C(c1nc(-c3ccccc3)cs1)[C@@H]2c1ccc(Br)cc1. The second kappa shape index (κ2) is 8.01. The number of ether oxygens (including phenoxy) is 1. The number of nitrogens with zero attached hydrogens (tertiary/aromatic N) is 1. The Morgan fingerprint density at radius 2 is 1.78 bits per heavy atom. The van der Waals surface area contributed by atoms with Crippen LogP contribution in [-0.2, 0) is 9.53 Å². The van der Waals surface area contributed by atoms with Crippen molar-refractivity contribution in [3.05, 3.63) is 92.2 Å². The molecule has 0 saturated heterocycles. The van der Waals surface area contributed by atoms with Crippen LogP contribution in [0, 0.1) is 5.41 Å². The van der Waals surface area contributed by atoms with E-state index in [0.29, 0.717) is 30.1 Å². The molecule has 1 atom stereocenters. The summed E-state index contributed by atoms with van der Waals surface area (Å²) < 4.78 is 7.11. The Balaban J connectivity index is 1.65. The van der Waals surface area contributed by atoms with Gasteiger partial charge in [-0.25, -0.2) is 4.98 Å². The van der Waals surface area contributed by atoms with E-state index in [0.717, 1.165) is 31.9 Å². The highest BCUT2D eigenvalue weighted by atomic mass is 79.9. The maximum Gasteiger partial charge on any atom is 0.197 e. The minimum absolute atomic E-state index is 0.119. The molecule has 0 radical (unpaired) electrons. The second-order valence-electron chi connectivity index (χ2n) is 9.05. The number of hydrogen-bond donors (Lipinski definition) is 1. The van der Waals surface area contributed by atoms with E-state index in [2.05, 4.69) is 29.8 Å². The molecule has 6 heteroatoms. The molecule has 2 aliphatic rings. The minimum Gasteiger partial charge on any atom is -0.445 e. The van der Waals surface area contributed by atoms with Gasteiger partial charge in [0.2, 0.25) is 0 Å². The first kappa shape index (κ1) is 21.2. The van der Waals surface area contributed by atoms with Crippen molar-refractivity contribution in [3.8, 4) is 11.3 Å². The summed E-state index contributed by atoms with van der Waals surface area (Å²) in [7, 11) is 0. The zero-order valence-electron chi connectivity index (χ0n) is 17.9. The molecule has 162 valence electrons. The number of hydrogen-bond acceptors (Lipinski definition) is 5. The van der Waals surface area contributed by atoms with Crippen molar-refractivity contribution in [3.63, 3.8) is 0 Å². The van der Waals surface area contributed by atoms with E-state index in [-0.39, 0.29) is 17.1 Å². The van der Waals surface area contributed by atoms with E-state index >= 15 is 0 Å². The lowest BCUT2D eigenvalue weighted by Crippen LogP contribution is -2.33. The molecule has 5 rings (SSSR count). The van der Waals surface area contributed by atoms with Crippen LogP contribution in [0.1, 0.15) is 43.2 Å². The number of aromatic nitrogens is 1. The van der Waals surface area contributed by atoms with Gasteiger partial charge in [0, 0.05) is 39.7 Å². The molecule has 0 spiro atoms. The van der Waals surface area contributed by atoms with Gasteiger partial charge in [-0.1, -0.05) is 72.2 Å². The Hall–Kier alpha value is -2.70. The maximum atomic E-state index is 13.4. The van der Waals surface area contributed by atoms with Crippen LogP contribution in [0.25, 0.3) is 16.8 Å². The van der Waals surface area contributed by atoms with Crippen molar-refractivity contribution >= 4 is 38.6 Å². The van der Waals surface area contributed by atoms with Crippen molar-refractivity contribution in [2.24, 2.45) is 11.1 Å². The van der Waals surface area contributed by atoms with Gasteiger partial charge < -0.3 is 10.5 Å². The van der Waals surface area contributed by atoms with Crippen LogP contribution < -0.4 is 5.73 Å². The molecule has 32 heavy (non-hydrogen) atoms. The molecule has 3 aromatic rings. The van der Waals surface area contributed by atoms with Gasteiger partial charge in [0.1, 0.15) is 10.8 Å². The van der Waals surface area contributed by atoms with E-state index < -0.39 is 0 Å². The van der Waals surface area contributed by atoms with Crippen LogP contribution in [0.3, 0.4) is 0 Å². The van der Waals surface area contributed by atoms with E-state index in [9.17, 15) is 4.79 Å². The monoisotopic (exact) mass is 506 g/mol. The molecular formula is C26H23BrN2O2S. The Labute approximate surface area is 200 Å². The fraction of sp³-hybridized carbons (Fsp3) is 0.231. The minimum atomic E-state index is -0.301. The smallest absolute Gasteiger partial charge is 0.197 e. The first-order chi connectivity index (χ1) is 15.3. The molecular weight excluding hydrogens is 484 g/mol. The zero-order valence-corrected chi connectivity index (χ0v) is 20.3. The number of ketones is 1. The van der Waals surface area contributed by atoms with Crippen LogP contribution >= 0.6 is 27.3 Å². The summed E-state index contributed by atoms with van der Waals surface area (Å²) in [4.78, 5) is 18.3. The molecule has 2 N–H and O–H groups in total. The summed E-state index contributed by atoms with van der Waals surface area (Å²) >= 11 is 5.04. The predicted octanol–water partition coefficient (Wildman–Crippen LogP) is 6.66. The van der Waals surface area contributed by atoms with Crippen LogP contribution in [-0.4, -0.2) is 10.8 Å². The lowest BCUT2D eigenvalue weighted by Gasteiger charge is -2.38. The Bertz CT molecular complexity index is 1260. The summed E-state index contributed by atoms with van der Waals surface area (Å²) in [6, 6.07) is 18.1. The molecule has 1 aliphatic heterocycles. The van der Waals surface area contributed by atoms with Crippen LogP contribution in [0.15, 0.2) is 81.7 Å². The van der Waals surface area contributed by atoms with Gasteiger partial charge in [0.05, 0.1) is 11.3 Å². The van der Waals surface area contributed by atoms with Gasteiger partial charge in [-0.3, -0.25) is 4.79 Å². The number of halogens is 1. The summed E-state index contributed by atoms with van der Waals surface area (Å²) in [5, 5.41) is 2.80. The third-order valence-corrected chi connectivity index (χ3v) is 7.37. The van der Waals surface area contributed by atoms with Gasteiger partial charge in [0.15, 0.2) is 11.7 Å². The lowest BCUT2D eigenvalue weighted by molar-refractivity contribution is -0.118. The Morgan fingerprint density at radius 1 is 1.06 bits per heavy atom. The van der Waals surface area contributed by atoms with E-state index in [1.54, 1.807) is 0 Å². The van der Waals surface area contributed by atoms with E-state index in [1.807, 2.05) is 60.0 Å². The predicted molar refractivity (Wildman–Crippen MR) is 132 cm³/mol. The average molecular weight is 507 g/mol. The number of thiazole rings is 1. The number of carbonyl (C=O) groups excluding carboxylic acids is 1. The van der Waals surface area contributed by atoms with Crippen LogP contribution in [0.4, 0.5) is 0 Å². The van der Waals surface area contributed by atoms with E-state index in [4.69, 9.17) is 15.5 Å². The van der Waals surface area contributed by atoms with Crippen LogP contribution in [0.5, 0.6) is 0 Å². The van der Waals surface area contributed by atoms with Gasteiger partial charge in [-0.05, 0) is 23.1 Å². The standard InChI is InChI=1S/C26H23BrN2O2S/c1-26(2)12-19(30)22-20(13-26)31-24(28)23(21(22)16-8-10-17(27)11-9-16)25-29-18(14-32-25)15-6-4-3-5-7-15/h3-11,14,21H,12-13,28H2,1-2H3/t21-/m1/s1. The largest absolute Gasteiger partial charge is 0.445 e. The fourth-order valence-electron chi connectivity index (χ4n) is 4.52. The highest BCUT2D eigenvalue weighted by molar-refractivity contribution is 9.10. The average Bonchev–Trinajstić information content (AvgIpc) is 3.23. The van der Waals surface area contributed by atoms with E-state index in [1.165, 1.54) is 11.3 Å². The van der Waals surface area contributed by atoms with Crippen molar-refractivity contribution < 1.29 is 9.53 Å². The van der Waals surface area contributed by atoms with Crippen molar-refractivity contribution in [2.45, 2.75) is 32.6 Å². The zero-order chi connectivity index (χ0) is 22.5. The Morgan fingerprint density at radius 3 is 2.50 bits per heavy atom. The van der Waals surface area contributed by atoms with Crippen molar-refractivity contribution in [2.75, 3.05) is 0 Å². The molecule has 0 amide bonds. The third kappa shape index (κ3) is 3.82. The quantitative estimate of drug-likeness (QED) is 0.431. The van der Waals surface area contributed by atoms with Gasteiger partial charge >= 0.3 is 0 Å².